The molecule has 2 atom stereocenters. The highest BCUT2D eigenvalue weighted by Crippen LogP contribution is 2.33. The lowest BCUT2D eigenvalue weighted by Gasteiger charge is -2.27. The molecule has 0 bridgehead atoms. The molecule has 0 aliphatic carbocycles. The molecule has 2 unspecified atom stereocenters. The summed E-state index contributed by atoms with van der Waals surface area (Å²) in [6.07, 6.45) is 5.48. The van der Waals surface area contributed by atoms with E-state index in [-0.39, 0.29) is 11.5 Å². The molecule has 0 spiro atoms. The molecular weight excluding hydrogens is 244 g/mol. The Morgan fingerprint density at radius 2 is 1.75 bits per heavy atom. The first-order valence-corrected chi connectivity index (χ1v) is 8.17. The summed E-state index contributed by atoms with van der Waals surface area (Å²) < 4.78 is 0. The smallest absolute Gasteiger partial charge is 0.0795 e. The molecule has 1 nitrogen and oxygen atoms in total. The SMILES string of the molecule is CCCCC(CC)CC(O)c1ccccc1C(C)(C)C. The maximum Gasteiger partial charge on any atom is 0.0795 e. The molecule has 0 aliphatic rings. The summed E-state index contributed by atoms with van der Waals surface area (Å²) in [7, 11) is 0. The minimum absolute atomic E-state index is 0.0860. The van der Waals surface area contributed by atoms with E-state index in [1.54, 1.807) is 0 Å². The first-order valence-electron chi connectivity index (χ1n) is 8.17. The molecule has 0 aromatic heterocycles. The maximum atomic E-state index is 10.7. The lowest BCUT2D eigenvalue weighted by atomic mass is 9.80. The number of hydrogen-bond acceptors (Lipinski definition) is 1. The van der Waals surface area contributed by atoms with Crippen molar-refractivity contribution in [3.63, 3.8) is 0 Å². The van der Waals surface area contributed by atoms with Crippen molar-refractivity contribution < 1.29 is 5.11 Å². The third-order valence-electron chi connectivity index (χ3n) is 4.23. The van der Waals surface area contributed by atoms with E-state index in [0.717, 1.165) is 18.4 Å². The predicted octanol–water partition coefficient (Wildman–Crippen LogP) is 5.62. The molecule has 0 aliphatic heterocycles. The number of hydrogen-bond donors (Lipinski definition) is 1. The van der Waals surface area contributed by atoms with Crippen LogP contribution in [0.4, 0.5) is 0 Å². The molecule has 0 heterocycles. The molecule has 1 aromatic carbocycles. The fourth-order valence-electron chi connectivity index (χ4n) is 2.89. The number of aliphatic hydroxyl groups excluding tert-OH is 1. The summed E-state index contributed by atoms with van der Waals surface area (Å²) in [5, 5.41) is 10.7. The van der Waals surface area contributed by atoms with Gasteiger partial charge in [0.15, 0.2) is 0 Å². The van der Waals surface area contributed by atoms with Gasteiger partial charge in [0.1, 0.15) is 0 Å². The quantitative estimate of drug-likeness (QED) is 0.685. The van der Waals surface area contributed by atoms with Crippen LogP contribution in [0.3, 0.4) is 0 Å². The van der Waals surface area contributed by atoms with Gasteiger partial charge in [-0.25, -0.2) is 0 Å². The molecule has 1 aromatic rings. The van der Waals surface area contributed by atoms with Gasteiger partial charge in [-0.3, -0.25) is 0 Å². The highest BCUT2D eigenvalue weighted by atomic mass is 16.3. The molecule has 20 heavy (non-hydrogen) atoms. The molecule has 0 saturated heterocycles. The van der Waals surface area contributed by atoms with Crippen LogP contribution in [0.15, 0.2) is 24.3 Å². The summed E-state index contributed by atoms with van der Waals surface area (Å²) in [6.45, 7) is 11.1. The van der Waals surface area contributed by atoms with Crippen LogP contribution in [0.1, 0.15) is 84.0 Å². The van der Waals surface area contributed by atoms with Crippen LogP contribution in [0.25, 0.3) is 0 Å². The molecule has 0 amide bonds. The lowest BCUT2D eigenvalue weighted by Crippen LogP contribution is -2.17. The van der Waals surface area contributed by atoms with E-state index < -0.39 is 0 Å². The van der Waals surface area contributed by atoms with Gasteiger partial charge in [-0.15, -0.1) is 0 Å². The third-order valence-corrected chi connectivity index (χ3v) is 4.23. The van der Waals surface area contributed by atoms with Crippen molar-refractivity contribution in [3.8, 4) is 0 Å². The molecule has 1 rings (SSSR count). The van der Waals surface area contributed by atoms with Crippen LogP contribution >= 0.6 is 0 Å². The van der Waals surface area contributed by atoms with Crippen molar-refractivity contribution in [3.05, 3.63) is 35.4 Å². The third kappa shape index (κ3) is 4.94. The zero-order valence-electron chi connectivity index (χ0n) is 13.9. The molecular formula is C19H32O. The average Bonchev–Trinajstić information content (AvgIpc) is 2.42. The Kier molecular flexibility index (Phi) is 6.75. The normalized spacial score (nSPS) is 15.1. The van der Waals surface area contributed by atoms with E-state index in [1.807, 2.05) is 6.07 Å². The van der Waals surface area contributed by atoms with Crippen LogP contribution in [0, 0.1) is 5.92 Å². The molecule has 1 heteroatoms. The van der Waals surface area contributed by atoms with Crippen LogP contribution in [-0.4, -0.2) is 5.11 Å². The Balaban J connectivity index is 2.84. The van der Waals surface area contributed by atoms with Crippen molar-refractivity contribution >= 4 is 0 Å². The van der Waals surface area contributed by atoms with E-state index in [0.29, 0.717) is 5.92 Å². The molecule has 0 fully saturated rings. The van der Waals surface area contributed by atoms with Gasteiger partial charge in [0.2, 0.25) is 0 Å². The van der Waals surface area contributed by atoms with Crippen LogP contribution in [0.5, 0.6) is 0 Å². The van der Waals surface area contributed by atoms with Gasteiger partial charge in [-0.1, -0.05) is 84.6 Å². The Labute approximate surface area is 125 Å². The molecule has 0 saturated carbocycles. The first kappa shape index (κ1) is 17.2. The molecule has 0 radical (unpaired) electrons. The predicted molar refractivity (Wildman–Crippen MR) is 88.0 cm³/mol. The van der Waals surface area contributed by atoms with E-state index in [1.165, 1.54) is 24.8 Å². The van der Waals surface area contributed by atoms with E-state index in [4.69, 9.17) is 0 Å². The second kappa shape index (κ2) is 7.83. The average molecular weight is 276 g/mol. The van der Waals surface area contributed by atoms with E-state index in [2.05, 4.69) is 52.8 Å². The fraction of sp³-hybridized carbons (Fsp3) is 0.684. The van der Waals surface area contributed by atoms with Gasteiger partial charge >= 0.3 is 0 Å². The largest absolute Gasteiger partial charge is 0.388 e. The fourth-order valence-corrected chi connectivity index (χ4v) is 2.89. The first-order chi connectivity index (χ1) is 9.40. The Morgan fingerprint density at radius 1 is 1.10 bits per heavy atom. The minimum atomic E-state index is -0.327. The number of benzene rings is 1. The second-order valence-corrected chi connectivity index (χ2v) is 7.01. The standard InChI is InChI=1S/C19H32O/c1-6-8-11-15(7-2)14-18(20)16-12-9-10-13-17(16)19(3,4)5/h9-10,12-13,15,18,20H,6-8,11,14H2,1-5H3. The van der Waals surface area contributed by atoms with Gasteiger partial charge in [0, 0.05) is 0 Å². The van der Waals surface area contributed by atoms with Crippen molar-refractivity contribution in [2.45, 2.75) is 78.2 Å². The zero-order valence-corrected chi connectivity index (χ0v) is 13.9. The van der Waals surface area contributed by atoms with Crippen LogP contribution < -0.4 is 0 Å². The van der Waals surface area contributed by atoms with Crippen LogP contribution in [-0.2, 0) is 5.41 Å². The highest BCUT2D eigenvalue weighted by molar-refractivity contribution is 5.34. The zero-order chi connectivity index (χ0) is 15.2. The Hall–Kier alpha value is -0.820. The topological polar surface area (TPSA) is 20.2 Å². The number of unbranched alkanes of at least 4 members (excludes halogenated alkanes) is 1. The highest BCUT2D eigenvalue weighted by Gasteiger charge is 2.22. The van der Waals surface area contributed by atoms with Crippen LogP contribution in [0.2, 0.25) is 0 Å². The summed E-state index contributed by atoms with van der Waals surface area (Å²) in [6, 6.07) is 8.37. The summed E-state index contributed by atoms with van der Waals surface area (Å²) in [4.78, 5) is 0. The van der Waals surface area contributed by atoms with Gasteiger partial charge < -0.3 is 5.11 Å². The van der Waals surface area contributed by atoms with Crippen molar-refractivity contribution in [1.82, 2.24) is 0 Å². The van der Waals surface area contributed by atoms with E-state index in [9.17, 15) is 5.11 Å². The lowest BCUT2D eigenvalue weighted by molar-refractivity contribution is 0.137. The summed E-state index contributed by atoms with van der Waals surface area (Å²) >= 11 is 0. The van der Waals surface area contributed by atoms with Crippen molar-refractivity contribution in [2.75, 3.05) is 0 Å². The Bertz CT molecular complexity index is 389. The molecule has 1 N–H and O–H groups in total. The van der Waals surface area contributed by atoms with Gasteiger partial charge in [0.05, 0.1) is 6.10 Å². The second-order valence-electron chi connectivity index (χ2n) is 7.01. The Morgan fingerprint density at radius 3 is 2.30 bits per heavy atom. The van der Waals surface area contributed by atoms with Gasteiger partial charge in [-0.2, -0.15) is 0 Å². The minimum Gasteiger partial charge on any atom is -0.388 e. The number of aliphatic hydroxyl groups is 1. The summed E-state index contributed by atoms with van der Waals surface area (Å²) in [5.41, 5.74) is 2.48. The van der Waals surface area contributed by atoms with Gasteiger partial charge in [-0.05, 0) is 28.9 Å². The monoisotopic (exact) mass is 276 g/mol. The van der Waals surface area contributed by atoms with Crippen molar-refractivity contribution in [2.24, 2.45) is 5.92 Å². The summed E-state index contributed by atoms with van der Waals surface area (Å²) in [5.74, 6) is 0.637. The number of rotatable bonds is 7. The molecule has 114 valence electrons. The van der Waals surface area contributed by atoms with Crippen molar-refractivity contribution in [1.29, 1.82) is 0 Å². The van der Waals surface area contributed by atoms with Gasteiger partial charge in [0.25, 0.3) is 0 Å². The van der Waals surface area contributed by atoms with E-state index >= 15 is 0 Å². The maximum absolute atomic E-state index is 10.7.